The second kappa shape index (κ2) is 5.33. The average Bonchev–Trinajstić information content (AvgIpc) is 2.93. The fraction of sp³-hybridized carbons (Fsp3) is 0.375. The fourth-order valence-electron chi connectivity index (χ4n) is 2.59. The molecule has 0 saturated heterocycles. The van der Waals surface area contributed by atoms with Gasteiger partial charge < -0.3 is 14.0 Å². The van der Waals surface area contributed by atoms with Gasteiger partial charge in [0.2, 0.25) is 0 Å². The molecule has 0 unspecified atom stereocenters. The number of benzene rings is 1. The summed E-state index contributed by atoms with van der Waals surface area (Å²) in [7, 11) is 4.11. The number of nitrogens with zero attached hydrogens (tertiary/aromatic N) is 4. The van der Waals surface area contributed by atoms with Crippen molar-refractivity contribution in [1.29, 1.82) is 0 Å². The van der Waals surface area contributed by atoms with Gasteiger partial charge in [0.15, 0.2) is 0 Å². The Morgan fingerprint density at radius 3 is 2.62 bits per heavy atom. The molecule has 0 aliphatic heterocycles. The molecule has 0 bridgehead atoms. The maximum Gasteiger partial charge on any atom is 0.138 e. The Kier molecular flexibility index (Phi) is 3.51. The standard InChI is InChI=1S/C16H20N4O/c1-11-13(12(2)21-18-11)9-20-15-8-6-5-7-14(15)17-16(20)10-19(3)4/h5-8H,9-10H2,1-4H3. The van der Waals surface area contributed by atoms with Gasteiger partial charge in [-0.15, -0.1) is 0 Å². The van der Waals surface area contributed by atoms with Gasteiger partial charge in [-0.05, 0) is 40.1 Å². The zero-order valence-corrected chi connectivity index (χ0v) is 12.9. The molecule has 5 heteroatoms. The first kappa shape index (κ1) is 13.8. The molecule has 110 valence electrons. The van der Waals surface area contributed by atoms with Crippen molar-refractivity contribution >= 4 is 11.0 Å². The van der Waals surface area contributed by atoms with Crippen LogP contribution in [0.4, 0.5) is 0 Å². The molecule has 0 spiro atoms. The summed E-state index contributed by atoms with van der Waals surface area (Å²) in [6.07, 6.45) is 0. The first-order valence-electron chi connectivity index (χ1n) is 7.07. The van der Waals surface area contributed by atoms with Crippen molar-refractivity contribution in [2.75, 3.05) is 14.1 Å². The van der Waals surface area contributed by atoms with Crippen LogP contribution in [0.25, 0.3) is 11.0 Å². The van der Waals surface area contributed by atoms with Crippen molar-refractivity contribution in [3.63, 3.8) is 0 Å². The molecule has 0 fully saturated rings. The summed E-state index contributed by atoms with van der Waals surface area (Å²) in [5.41, 5.74) is 4.26. The summed E-state index contributed by atoms with van der Waals surface area (Å²) in [5, 5.41) is 4.05. The van der Waals surface area contributed by atoms with Crippen LogP contribution in [0.1, 0.15) is 22.8 Å². The van der Waals surface area contributed by atoms with Gasteiger partial charge in [0.05, 0.1) is 29.8 Å². The average molecular weight is 284 g/mol. The predicted octanol–water partition coefficient (Wildman–Crippen LogP) is 2.75. The van der Waals surface area contributed by atoms with Gasteiger partial charge >= 0.3 is 0 Å². The molecule has 0 N–H and O–H groups in total. The Morgan fingerprint density at radius 2 is 1.95 bits per heavy atom. The summed E-state index contributed by atoms with van der Waals surface area (Å²) >= 11 is 0. The highest BCUT2D eigenvalue weighted by Crippen LogP contribution is 2.21. The molecule has 0 radical (unpaired) electrons. The molecule has 5 nitrogen and oxygen atoms in total. The molecule has 0 atom stereocenters. The molecule has 21 heavy (non-hydrogen) atoms. The van der Waals surface area contributed by atoms with Crippen LogP contribution >= 0.6 is 0 Å². The lowest BCUT2D eigenvalue weighted by molar-refractivity contribution is 0.382. The summed E-state index contributed by atoms with van der Waals surface area (Å²) in [6.45, 7) is 5.49. The number of aromatic nitrogens is 3. The molecular formula is C16H20N4O. The maximum absolute atomic E-state index is 5.28. The number of para-hydroxylation sites is 2. The minimum atomic E-state index is 0.741. The zero-order chi connectivity index (χ0) is 15.0. The largest absolute Gasteiger partial charge is 0.361 e. The topological polar surface area (TPSA) is 47.1 Å². The molecule has 0 aliphatic carbocycles. The van der Waals surface area contributed by atoms with E-state index in [4.69, 9.17) is 9.51 Å². The van der Waals surface area contributed by atoms with Crippen LogP contribution in [0.5, 0.6) is 0 Å². The van der Waals surface area contributed by atoms with Crippen LogP contribution < -0.4 is 0 Å². The van der Waals surface area contributed by atoms with E-state index < -0.39 is 0 Å². The maximum atomic E-state index is 5.28. The number of rotatable bonds is 4. The Hall–Kier alpha value is -2.14. The molecule has 3 rings (SSSR count). The number of aryl methyl sites for hydroxylation is 2. The van der Waals surface area contributed by atoms with Crippen molar-refractivity contribution in [3.05, 3.63) is 47.1 Å². The van der Waals surface area contributed by atoms with Crippen LogP contribution in [0.3, 0.4) is 0 Å². The van der Waals surface area contributed by atoms with Gasteiger partial charge in [-0.1, -0.05) is 17.3 Å². The minimum Gasteiger partial charge on any atom is -0.361 e. The molecule has 0 aliphatic rings. The Morgan fingerprint density at radius 1 is 1.19 bits per heavy atom. The van der Waals surface area contributed by atoms with Crippen molar-refractivity contribution in [3.8, 4) is 0 Å². The first-order chi connectivity index (χ1) is 10.1. The van der Waals surface area contributed by atoms with E-state index in [1.807, 2.05) is 26.0 Å². The molecule has 3 aromatic rings. The SMILES string of the molecule is Cc1noc(C)c1Cn1c(CN(C)C)nc2ccccc21. The summed E-state index contributed by atoms with van der Waals surface area (Å²) in [6, 6.07) is 8.24. The van der Waals surface area contributed by atoms with Crippen LogP contribution in [0.15, 0.2) is 28.8 Å². The third kappa shape index (κ3) is 2.56. The lowest BCUT2D eigenvalue weighted by atomic mass is 10.2. The van der Waals surface area contributed by atoms with E-state index in [-0.39, 0.29) is 0 Å². The fourth-order valence-corrected chi connectivity index (χ4v) is 2.59. The predicted molar refractivity (Wildman–Crippen MR) is 82.2 cm³/mol. The lowest BCUT2D eigenvalue weighted by Crippen LogP contribution is -2.16. The third-order valence-corrected chi connectivity index (χ3v) is 3.69. The van der Waals surface area contributed by atoms with Crippen molar-refractivity contribution in [2.45, 2.75) is 26.9 Å². The highest BCUT2D eigenvalue weighted by molar-refractivity contribution is 5.76. The van der Waals surface area contributed by atoms with Gasteiger partial charge in [0, 0.05) is 5.56 Å². The van der Waals surface area contributed by atoms with Gasteiger partial charge in [-0.3, -0.25) is 0 Å². The molecule has 2 aromatic heterocycles. The Bertz CT molecular complexity index is 750. The van der Waals surface area contributed by atoms with Crippen LogP contribution in [0.2, 0.25) is 0 Å². The van der Waals surface area contributed by atoms with Crippen molar-refractivity contribution in [1.82, 2.24) is 19.6 Å². The zero-order valence-electron chi connectivity index (χ0n) is 12.9. The van der Waals surface area contributed by atoms with E-state index in [1.54, 1.807) is 0 Å². The minimum absolute atomic E-state index is 0.741. The molecule has 1 aromatic carbocycles. The number of fused-ring (bicyclic) bond motifs is 1. The van der Waals surface area contributed by atoms with Gasteiger partial charge in [0.25, 0.3) is 0 Å². The van der Waals surface area contributed by atoms with E-state index >= 15 is 0 Å². The van der Waals surface area contributed by atoms with Crippen molar-refractivity contribution in [2.24, 2.45) is 0 Å². The van der Waals surface area contributed by atoms with E-state index in [2.05, 4.69) is 40.9 Å². The van der Waals surface area contributed by atoms with E-state index in [1.165, 1.54) is 0 Å². The molecular weight excluding hydrogens is 264 g/mol. The number of hydrogen-bond acceptors (Lipinski definition) is 4. The number of imidazole rings is 1. The van der Waals surface area contributed by atoms with Crippen LogP contribution in [-0.4, -0.2) is 33.7 Å². The van der Waals surface area contributed by atoms with Crippen LogP contribution in [-0.2, 0) is 13.1 Å². The Balaban J connectivity index is 2.11. The summed E-state index contributed by atoms with van der Waals surface area (Å²) in [4.78, 5) is 6.89. The first-order valence-corrected chi connectivity index (χ1v) is 7.07. The highest BCUT2D eigenvalue weighted by atomic mass is 16.5. The summed E-state index contributed by atoms with van der Waals surface area (Å²) in [5.74, 6) is 1.93. The van der Waals surface area contributed by atoms with Crippen molar-refractivity contribution < 1.29 is 4.52 Å². The second-order valence-corrected chi connectivity index (χ2v) is 5.64. The second-order valence-electron chi connectivity index (χ2n) is 5.64. The molecule has 2 heterocycles. The van der Waals surface area contributed by atoms with Gasteiger partial charge in [-0.25, -0.2) is 4.98 Å². The van der Waals surface area contributed by atoms with E-state index in [9.17, 15) is 0 Å². The quantitative estimate of drug-likeness (QED) is 0.739. The third-order valence-electron chi connectivity index (χ3n) is 3.69. The van der Waals surface area contributed by atoms with Gasteiger partial charge in [-0.2, -0.15) is 0 Å². The molecule has 0 amide bonds. The van der Waals surface area contributed by atoms with E-state index in [0.717, 1.165) is 47.0 Å². The smallest absolute Gasteiger partial charge is 0.138 e. The normalized spacial score (nSPS) is 11.7. The van der Waals surface area contributed by atoms with Gasteiger partial charge in [0.1, 0.15) is 11.6 Å². The van der Waals surface area contributed by atoms with Crippen LogP contribution in [0, 0.1) is 13.8 Å². The summed E-state index contributed by atoms with van der Waals surface area (Å²) < 4.78 is 7.53. The van der Waals surface area contributed by atoms with E-state index in [0.29, 0.717) is 0 Å². The lowest BCUT2D eigenvalue weighted by Gasteiger charge is -2.12. The molecule has 0 saturated carbocycles. The Labute approximate surface area is 124 Å². The number of hydrogen-bond donors (Lipinski definition) is 0. The monoisotopic (exact) mass is 284 g/mol. The highest BCUT2D eigenvalue weighted by Gasteiger charge is 2.15.